The average molecular weight is 213 g/mol. The number of aldehydes is 1. The third-order valence-electron chi connectivity index (χ3n) is 2.03. The molecule has 0 heterocycles. The molecule has 0 saturated heterocycles. The molecule has 0 amide bonds. The average Bonchev–Trinajstić information content (AvgIpc) is 2.18. The first kappa shape index (κ1) is 11.2. The summed E-state index contributed by atoms with van der Waals surface area (Å²) in [5.41, 5.74) is 2.07. The molecule has 14 heavy (non-hydrogen) atoms. The Morgan fingerprint density at radius 1 is 1.50 bits per heavy atom. The van der Waals surface area contributed by atoms with Crippen molar-refractivity contribution in [1.82, 2.24) is 0 Å². The predicted molar refractivity (Wildman–Crippen MR) is 56.6 cm³/mol. The lowest BCUT2D eigenvalue weighted by Gasteiger charge is -2.09. The molecule has 0 bridgehead atoms. The summed E-state index contributed by atoms with van der Waals surface area (Å²) < 4.78 is 5.06. The summed E-state index contributed by atoms with van der Waals surface area (Å²) in [6.07, 6.45) is 2.09. The van der Waals surface area contributed by atoms with Crippen LogP contribution in [0.15, 0.2) is 18.2 Å². The molecule has 0 unspecified atom stereocenters. The quantitative estimate of drug-likeness (QED) is 0.702. The fourth-order valence-electron chi connectivity index (χ4n) is 1.38. The van der Waals surface area contributed by atoms with Crippen LogP contribution in [0, 0.1) is 0 Å². The Bertz CT molecular complexity index is 310. The number of ether oxygens (including phenoxy) is 1. The van der Waals surface area contributed by atoms with E-state index in [0.29, 0.717) is 24.5 Å². The van der Waals surface area contributed by atoms with Crippen LogP contribution in [0.4, 0.5) is 0 Å². The first-order valence-corrected chi connectivity index (χ1v) is 4.86. The van der Waals surface area contributed by atoms with Gasteiger partial charge in [0, 0.05) is 18.6 Å². The fourth-order valence-corrected chi connectivity index (χ4v) is 1.67. The van der Waals surface area contributed by atoms with Gasteiger partial charge < -0.3 is 9.53 Å². The van der Waals surface area contributed by atoms with E-state index in [1.807, 2.05) is 18.2 Å². The summed E-state index contributed by atoms with van der Waals surface area (Å²) in [5.74, 6) is 0. The molecule has 0 spiro atoms. The molecule has 0 saturated carbocycles. The molecule has 0 aliphatic rings. The molecule has 76 valence electrons. The van der Waals surface area contributed by atoms with Crippen LogP contribution >= 0.6 is 11.6 Å². The lowest BCUT2D eigenvalue weighted by Crippen LogP contribution is -1.97. The number of benzene rings is 1. The third-order valence-corrected chi connectivity index (χ3v) is 2.38. The van der Waals surface area contributed by atoms with E-state index in [1.54, 1.807) is 7.11 Å². The number of hydrogen-bond donors (Lipinski definition) is 0. The highest BCUT2D eigenvalue weighted by atomic mass is 35.5. The lowest BCUT2D eigenvalue weighted by atomic mass is 10.0. The second-order valence-electron chi connectivity index (χ2n) is 3.02. The largest absolute Gasteiger partial charge is 0.380 e. The van der Waals surface area contributed by atoms with Crippen LogP contribution in [0.3, 0.4) is 0 Å². The maximum Gasteiger partial charge on any atom is 0.120 e. The monoisotopic (exact) mass is 212 g/mol. The molecule has 1 aromatic carbocycles. The van der Waals surface area contributed by atoms with E-state index in [1.165, 1.54) is 0 Å². The van der Waals surface area contributed by atoms with Gasteiger partial charge in [0.25, 0.3) is 0 Å². The van der Waals surface area contributed by atoms with Crippen molar-refractivity contribution in [1.29, 1.82) is 0 Å². The standard InChI is InChI=1S/C11H13ClO2/c1-14-8-9-4-2-6-11(12)10(9)5-3-7-13/h2,4,6-7H,3,5,8H2,1H3. The molecule has 0 N–H and O–H groups in total. The van der Waals surface area contributed by atoms with Crippen molar-refractivity contribution in [2.24, 2.45) is 0 Å². The highest BCUT2D eigenvalue weighted by Crippen LogP contribution is 2.21. The van der Waals surface area contributed by atoms with Gasteiger partial charge in [-0.3, -0.25) is 0 Å². The van der Waals surface area contributed by atoms with E-state index in [2.05, 4.69) is 0 Å². The van der Waals surface area contributed by atoms with Gasteiger partial charge in [0.1, 0.15) is 6.29 Å². The zero-order valence-electron chi connectivity index (χ0n) is 8.13. The maximum absolute atomic E-state index is 10.3. The third kappa shape index (κ3) is 2.82. The van der Waals surface area contributed by atoms with E-state index in [0.717, 1.165) is 17.4 Å². The predicted octanol–water partition coefficient (Wildman–Crippen LogP) is 2.62. The van der Waals surface area contributed by atoms with Crippen LogP contribution in [0.2, 0.25) is 5.02 Å². The van der Waals surface area contributed by atoms with Crippen molar-refractivity contribution >= 4 is 17.9 Å². The molecule has 0 aromatic heterocycles. The van der Waals surface area contributed by atoms with Gasteiger partial charge in [0.2, 0.25) is 0 Å². The summed E-state index contributed by atoms with van der Waals surface area (Å²) in [5, 5.41) is 0.710. The van der Waals surface area contributed by atoms with Crippen LogP contribution in [0.25, 0.3) is 0 Å². The molecule has 0 fully saturated rings. The minimum atomic E-state index is 0.500. The van der Waals surface area contributed by atoms with Crippen molar-refractivity contribution in [3.05, 3.63) is 34.3 Å². The van der Waals surface area contributed by atoms with Gasteiger partial charge >= 0.3 is 0 Å². The van der Waals surface area contributed by atoms with Crippen molar-refractivity contribution in [2.75, 3.05) is 7.11 Å². The fraction of sp³-hybridized carbons (Fsp3) is 0.364. The molecule has 1 aromatic rings. The Labute approximate surface area is 88.8 Å². The lowest BCUT2D eigenvalue weighted by molar-refractivity contribution is -0.107. The van der Waals surface area contributed by atoms with Gasteiger partial charge in [-0.2, -0.15) is 0 Å². The van der Waals surface area contributed by atoms with Crippen LogP contribution in [0.1, 0.15) is 17.5 Å². The molecular weight excluding hydrogens is 200 g/mol. The van der Waals surface area contributed by atoms with Gasteiger partial charge in [-0.1, -0.05) is 23.7 Å². The molecule has 1 rings (SSSR count). The van der Waals surface area contributed by atoms with Gasteiger partial charge in [-0.15, -0.1) is 0 Å². The Morgan fingerprint density at radius 3 is 2.93 bits per heavy atom. The highest BCUT2D eigenvalue weighted by molar-refractivity contribution is 6.31. The second kappa shape index (κ2) is 5.78. The number of carbonyl (C=O) groups excluding carboxylic acids is 1. The normalized spacial score (nSPS) is 10.1. The zero-order chi connectivity index (χ0) is 10.4. The summed E-state index contributed by atoms with van der Waals surface area (Å²) in [7, 11) is 1.64. The smallest absolute Gasteiger partial charge is 0.120 e. The van der Waals surface area contributed by atoms with E-state index in [4.69, 9.17) is 16.3 Å². The topological polar surface area (TPSA) is 26.3 Å². The van der Waals surface area contributed by atoms with Crippen LogP contribution in [-0.2, 0) is 22.6 Å². The molecular formula is C11H13ClO2. The van der Waals surface area contributed by atoms with E-state index >= 15 is 0 Å². The van der Waals surface area contributed by atoms with Crippen LogP contribution in [0.5, 0.6) is 0 Å². The minimum absolute atomic E-state index is 0.500. The van der Waals surface area contributed by atoms with Crippen molar-refractivity contribution in [3.63, 3.8) is 0 Å². The first-order valence-electron chi connectivity index (χ1n) is 4.48. The summed E-state index contributed by atoms with van der Waals surface area (Å²) >= 11 is 6.03. The summed E-state index contributed by atoms with van der Waals surface area (Å²) in [6.45, 7) is 0.536. The molecule has 0 aliphatic heterocycles. The Balaban J connectivity index is 2.89. The molecule has 0 radical (unpaired) electrons. The van der Waals surface area contributed by atoms with Gasteiger partial charge in [-0.05, 0) is 23.6 Å². The van der Waals surface area contributed by atoms with Crippen molar-refractivity contribution < 1.29 is 9.53 Å². The number of halogens is 1. The van der Waals surface area contributed by atoms with Crippen molar-refractivity contribution in [3.8, 4) is 0 Å². The number of hydrogen-bond acceptors (Lipinski definition) is 2. The van der Waals surface area contributed by atoms with E-state index in [-0.39, 0.29) is 0 Å². The Kier molecular flexibility index (Phi) is 4.63. The molecule has 0 atom stereocenters. The summed E-state index contributed by atoms with van der Waals surface area (Å²) in [4.78, 5) is 10.3. The Morgan fingerprint density at radius 2 is 2.29 bits per heavy atom. The van der Waals surface area contributed by atoms with Gasteiger partial charge in [0.05, 0.1) is 6.61 Å². The van der Waals surface area contributed by atoms with Gasteiger partial charge in [0.15, 0.2) is 0 Å². The van der Waals surface area contributed by atoms with Crippen LogP contribution < -0.4 is 0 Å². The highest BCUT2D eigenvalue weighted by Gasteiger charge is 2.05. The number of carbonyl (C=O) groups is 1. The number of rotatable bonds is 5. The first-order chi connectivity index (χ1) is 6.79. The zero-order valence-corrected chi connectivity index (χ0v) is 8.88. The number of methoxy groups -OCH3 is 1. The van der Waals surface area contributed by atoms with Crippen LogP contribution in [-0.4, -0.2) is 13.4 Å². The summed E-state index contributed by atoms with van der Waals surface area (Å²) in [6, 6.07) is 5.69. The Hall–Kier alpha value is -0.860. The van der Waals surface area contributed by atoms with Gasteiger partial charge in [-0.25, -0.2) is 0 Å². The maximum atomic E-state index is 10.3. The van der Waals surface area contributed by atoms with E-state index in [9.17, 15) is 4.79 Å². The minimum Gasteiger partial charge on any atom is -0.380 e. The SMILES string of the molecule is COCc1cccc(Cl)c1CCC=O. The molecule has 3 heteroatoms. The van der Waals surface area contributed by atoms with Crippen molar-refractivity contribution in [2.45, 2.75) is 19.4 Å². The van der Waals surface area contributed by atoms with E-state index < -0.39 is 0 Å². The molecule has 2 nitrogen and oxygen atoms in total. The second-order valence-corrected chi connectivity index (χ2v) is 3.42. The molecule has 0 aliphatic carbocycles.